The van der Waals surface area contributed by atoms with Gasteiger partial charge in [0.25, 0.3) is 11.1 Å². The molecule has 0 spiro atoms. The van der Waals surface area contributed by atoms with E-state index in [1.807, 2.05) is 0 Å². The van der Waals surface area contributed by atoms with E-state index in [1.165, 1.54) is 18.2 Å². The summed E-state index contributed by atoms with van der Waals surface area (Å²) in [6, 6.07) is 14.1. The number of fused-ring (bicyclic) bond motifs is 1. The van der Waals surface area contributed by atoms with Crippen molar-refractivity contribution in [3.8, 4) is 22.8 Å². The number of thioether (sulfide) groups is 1. The minimum absolute atomic E-state index is 0.136. The summed E-state index contributed by atoms with van der Waals surface area (Å²) >= 11 is 0.723. The number of nitrogens with zero attached hydrogens (tertiary/aromatic N) is 1. The molecule has 5 rings (SSSR count). The summed E-state index contributed by atoms with van der Waals surface area (Å²) in [4.78, 5) is 38.6. The molecule has 3 aromatic rings. The summed E-state index contributed by atoms with van der Waals surface area (Å²) in [5.74, 6) is 0.457. The Kier molecular flexibility index (Phi) is 5.81. The Balaban J connectivity index is 1.25. The van der Waals surface area contributed by atoms with Gasteiger partial charge in [-0.25, -0.2) is 4.39 Å². The van der Waals surface area contributed by atoms with E-state index in [4.69, 9.17) is 13.9 Å². The molecule has 8 nitrogen and oxygen atoms in total. The van der Waals surface area contributed by atoms with E-state index < -0.39 is 23.6 Å². The van der Waals surface area contributed by atoms with E-state index >= 15 is 0 Å². The van der Waals surface area contributed by atoms with Crippen molar-refractivity contribution in [1.29, 1.82) is 0 Å². The van der Waals surface area contributed by atoms with Crippen LogP contribution in [0.25, 0.3) is 17.4 Å². The van der Waals surface area contributed by atoms with Gasteiger partial charge in [0.1, 0.15) is 37.1 Å². The number of hydrogen-bond donors (Lipinski definition) is 1. The Hall–Kier alpha value is -4.05. The maximum atomic E-state index is 13.1. The molecule has 0 saturated carbocycles. The minimum atomic E-state index is -0.591. The largest absolute Gasteiger partial charge is 0.486 e. The number of benzene rings is 2. The van der Waals surface area contributed by atoms with Crippen LogP contribution < -0.4 is 14.8 Å². The van der Waals surface area contributed by atoms with Gasteiger partial charge in [0.2, 0.25) is 5.91 Å². The van der Waals surface area contributed by atoms with Crippen molar-refractivity contribution in [2.75, 3.05) is 25.1 Å². The van der Waals surface area contributed by atoms with Gasteiger partial charge in [0.05, 0.1) is 4.91 Å². The van der Waals surface area contributed by atoms with E-state index in [0.717, 1.165) is 16.7 Å². The number of carbonyl (C=O) groups is 3. The van der Waals surface area contributed by atoms with Crippen LogP contribution in [0, 0.1) is 5.82 Å². The molecule has 3 amide bonds. The van der Waals surface area contributed by atoms with E-state index in [1.54, 1.807) is 42.5 Å². The number of anilines is 1. The van der Waals surface area contributed by atoms with Gasteiger partial charge in [-0.1, -0.05) is 0 Å². The van der Waals surface area contributed by atoms with E-state index in [0.29, 0.717) is 47.5 Å². The molecular formula is C24H17FN2O6S. The smallest absolute Gasteiger partial charge is 0.294 e. The third-order valence-electron chi connectivity index (χ3n) is 5.03. The summed E-state index contributed by atoms with van der Waals surface area (Å²) in [6.07, 6.45) is 1.44. The number of hydrogen-bond acceptors (Lipinski definition) is 7. The summed E-state index contributed by atoms with van der Waals surface area (Å²) in [5.41, 5.74) is 1.13. The van der Waals surface area contributed by atoms with Crippen molar-refractivity contribution in [2.24, 2.45) is 0 Å². The van der Waals surface area contributed by atoms with Gasteiger partial charge >= 0.3 is 0 Å². The molecule has 0 bridgehead atoms. The highest BCUT2D eigenvalue weighted by atomic mass is 32.2. The lowest BCUT2D eigenvalue weighted by Crippen LogP contribution is -2.36. The highest BCUT2D eigenvalue weighted by Crippen LogP contribution is 2.34. The number of nitrogens with one attached hydrogen (secondary N) is 1. The van der Waals surface area contributed by atoms with Crippen LogP contribution in [0.4, 0.5) is 14.9 Å². The Morgan fingerprint density at radius 2 is 1.79 bits per heavy atom. The number of amides is 3. The predicted octanol–water partition coefficient (Wildman–Crippen LogP) is 4.53. The van der Waals surface area contributed by atoms with Gasteiger partial charge < -0.3 is 19.2 Å². The molecule has 2 aliphatic rings. The fourth-order valence-corrected chi connectivity index (χ4v) is 4.25. The van der Waals surface area contributed by atoms with Gasteiger partial charge in [-0.2, -0.15) is 0 Å². The van der Waals surface area contributed by atoms with Crippen LogP contribution in [0.2, 0.25) is 0 Å². The Morgan fingerprint density at radius 3 is 2.59 bits per heavy atom. The molecule has 1 saturated heterocycles. The third-order valence-corrected chi connectivity index (χ3v) is 5.94. The molecular weight excluding hydrogens is 463 g/mol. The lowest BCUT2D eigenvalue weighted by Gasteiger charge is -2.19. The number of carbonyl (C=O) groups excluding carboxylic acids is 3. The molecule has 3 heterocycles. The zero-order valence-electron chi connectivity index (χ0n) is 17.6. The van der Waals surface area contributed by atoms with Crippen LogP contribution in [0.15, 0.2) is 63.9 Å². The fourth-order valence-electron chi connectivity index (χ4n) is 3.43. The Morgan fingerprint density at radius 1 is 1.03 bits per heavy atom. The normalized spacial score (nSPS) is 16.3. The number of ether oxygens (including phenoxy) is 2. The Labute approximate surface area is 197 Å². The first-order chi connectivity index (χ1) is 16.5. The first kappa shape index (κ1) is 21.8. The molecule has 10 heteroatoms. The number of furan rings is 1. The molecule has 0 radical (unpaired) electrons. The van der Waals surface area contributed by atoms with Gasteiger partial charge in [-0.3, -0.25) is 19.3 Å². The number of rotatable bonds is 5. The summed E-state index contributed by atoms with van der Waals surface area (Å²) in [5, 5.41) is 2.10. The van der Waals surface area contributed by atoms with Gasteiger partial charge in [0.15, 0.2) is 11.5 Å². The van der Waals surface area contributed by atoms with Gasteiger partial charge in [-0.05, 0) is 60.3 Å². The van der Waals surface area contributed by atoms with Gasteiger partial charge in [-0.15, -0.1) is 0 Å². The van der Waals surface area contributed by atoms with Gasteiger partial charge in [0, 0.05) is 23.4 Å². The number of imide groups is 1. The van der Waals surface area contributed by atoms with Crippen LogP contribution in [0.3, 0.4) is 0 Å². The SMILES string of the molecule is O=C(CN1C(=O)S/C(=C\c2ccc(-c3ccc(F)cc3)o2)C1=O)Nc1ccc2c(c1)OCCO2. The lowest BCUT2D eigenvalue weighted by atomic mass is 10.2. The molecule has 2 aliphatic heterocycles. The molecule has 1 aromatic heterocycles. The monoisotopic (exact) mass is 480 g/mol. The van der Waals surface area contributed by atoms with Crippen LogP contribution >= 0.6 is 11.8 Å². The van der Waals surface area contributed by atoms with Crippen molar-refractivity contribution >= 4 is 40.6 Å². The highest BCUT2D eigenvalue weighted by molar-refractivity contribution is 8.18. The highest BCUT2D eigenvalue weighted by Gasteiger charge is 2.36. The minimum Gasteiger partial charge on any atom is -0.486 e. The summed E-state index contributed by atoms with van der Waals surface area (Å²) < 4.78 is 29.8. The molecule has 34 heavy (non-hydrogen) atoms. The maximum absolute atomic E-state index is 13.1. The van der Waals surface area contributed by atoms with Crippen molar-refractivity contribution < 1.29 is 32.7 Å². The quantitative estimate of drug-likeness (QED) is 0.536. The van der Waals surface area contributed by atoms with Crippen LogP contribution in [-0.2, 0) is 9.59 Å². The second-order valence-corrected chi connectivity index (χ2v) is 8.38. The average molecular weight is 480 g/mol. The standard InChI is InChI=1S/C24H17FN2O6S/c25-15-3-1-14(2-4-15)18-8-6-17(33-18)12-21-23(29)27(24(30)34-21)13-22(28)26-16-5-7-19-20(11-16)32-10-9-31-19/h1-8,11-12H,9-10,13H2,(H,26,28)/b21-12-. The molecule has 0 atom stereocenters. The van der Waals surface area contributed by atoms with Crippen LogP contribution in [0.5, 0.6) is 11.5 Å². The van der Waals surface area contributed by atoms with Crippen molar-refractivity contribution in [3.05, 3.63) is 71.1 Å². The molecule has 1 N–H and O–H groups in total. The topological polar surface area (TPSA) is 98.1 Å². The van der Waals surface area contributed by atoms with E-state index in [-0.39, 0.29) is 10.7 Å². The molecule has 0 aliphatic carbocycles. The second-order valence-electron chi connectivity index (χ2n) is 7.38. The van der Waals surface area contributed by atoms with Crippen molar-refractivity contribution in [1.82, 2.24) is 4.90 Å². The zero-order chi connectivity index (χ0) is 23.7. The maximum Gasteiger partial charge on any atom is 0.294 e. The third kappa shape index (κ3) is 4.53. The first-order valence-electron chi connectivity index (χ1n) is 10.3. The van der Waals surface area contributed by atoms with Crippen molar-refractivity contribution in [2.45, 2.75) is 0 Å². The van der Waals surface area contributed by atoms with Crippen molar-refractivity contribution in [3.63, 3.8) is 0 Å². The summed E-state index contributed by atoms with van der Waals surface area (Å²) in [7, 11) is 0. The van der Waals surface area contributed by atoms with Crippen LogP contribution in [-0.4, -0.2) is 41.7 Å². The molecule has 1 fully saturated rings. The first-order valence-corrected chi connectivity index (χ1v) is 11.1. The fraction of sp³-hybridized carbons (Fsp3) is 0.125. The van der Waals surface area contributed by atoms with E-state index in [2.05, 4.69) is 5.32 Å². The number of halogens is 1. The van der Waals surface area contributed by atoms with E-state index in [9.17, 15) is 18.8 Å². The molecule has 172 valence electrons. The lowest BCUT2D eigenvalue weighted by molar-refractivity contribution is -0.127. The predicted molar refractivity (Wildman–Crippen MR) is 123 cm³/mol. The zero-order valence-corrected chi connectivity index (χ0v) is 18.4. The average Bonchev–Trinajstić information content (AvgIpc) is 3.40. The Bertz CT molecular complexity index is 1320. The van der Waals surface area contributed by atoms with Crippen LogP contribution in [0.1, 0.15) is 5.76 Å². The second kappa shape index (κ2) is 9.06. The molecule has 2 aromatic carbocycles. The summed E-state index contributed by atoms with van der Waals surface area (Å²) in [6.45, 7) is 0.432. The molecule has 0 unspecified atom stereocenters.